The maximum Gasteiger partial charge on any atom is 0.224 e. The molecule has 2 atom stereocenters. The Morgan fingerprint density at radius 1 is 1.07 bits per heavy atom. The molecule has 0 saturated heterocycles. The molecule has 27 heavy (non-hydrogen) atoms. The van der Waals surface area contributed by atoms with Gasteiger partial charge in [-0.05, 0) is 19.8 Å². The van der Waals surface area contributed by atoms with Crippen LogP contribution in [-0.2, 0) is 4.79 Å². The number of carbonyl (C=O) groups is 1. The molecule has 0 fully saturated rings. The Bertz CT molecular complexity index is 472. The standard InChI is InChI=1S/C23H43N3O/c1-5-7-8-9-10-11-12-13-14-15-16-17-18-23-24-19-20-26(23,6-2)21(3)25-22(4)27/h17-18,21H,5-16,19-20H2,1-4H3/p+1/b18-17+. The molecule has 0 saturated carbocycles. The molecule has 2 unspecified atom stereocenters. The Morgan fingerprint density at radius 2 is 1.67 bits per heavy atom. The van der Waals surface area contributed by atoms with Crippen LogP contribution in [0.15, 0.2) is 17.1 Å². The highest BCUT2D eigenvalue weighted by Gasteiger charge is 2.40. The van der Waals surface area contributed by atoms with Crippen LogP contribution in [0, 0.1) is 0 Å². The maximum atomic E-state index is 11.5. The number of unbranched alkanes of at least 4 members (excludes halogenated alkanes) is 10. The minimum atomic E-state index is 0.0362. The van der Waals surface area contributed by atoms with Crippen LogP contribution in [0.1, 0.15) is 98.3 Å². The van der Waals surface area contributed by atoms with Gasteiger partial charge >= 0.3 is 0 Å². The molecule has 4 heteroatoms. The Morgan fingerprint density at radius 3 is 2.22 bits per heavy atom. The van der Waals surface area contributed by atoms with Crippen molar-refractivity contribution in [3.63, 3.8) is 0 Å². The number of likely N-dealkylation sites (N-methyl/N-ethyl adjacent to an activating group) is 1. The molecule has 1 amide bonds. The summed E-state index contributed by atoms with van der Waals surface area (Å²) in [7, 11) is 0. The number of nitrogens with one attached hydrogen (secondary N) is 1. The van der Waals surface area contributed by atoms with Gasteiger partial charge < -0.3 is 5.32 Å². The zero-order chi connectivity index (χ0) is 20.0. The van der Waals surface area contributed by atoms with Crippen molar-refractivity contribution in [2.24, 2.45) is 4.99 Å². The number of nitrogens with zero attached hydrogens (tertiary/aromatic N) is 2. The highest BCUT2D eigenvalue weighted by atomic mass is 16.1. The molecule has 4 nitrogen and oxygen atoms in total. The van der Waals surface area contributed by atoms with Crippen molar-refractivity contribution in [3.05, 3.63) is 12.2 Å². The van der Waals surface area contributed by atoms with E-state index in [0.717, 1.165) is 36.4 Å². The van der Waals surface area contributed by atoms with E-state index in [9.17, 15) is 4.79 Å². The van der Waals surface area contributed by atoms with Gasteiger partial charge in [-0.2, -0.15) is 0 Å². The zero-order valence-electron chi connectivity index (χ0n) is 18.4. The number of hydrogen-bond acceptors (Lipinski definition) is 2. The minimum absolute atomic E-state index is 0.0362. The molecule has 0 spiro atoms. The third kappa shape index (κ3) is 8.59. The molecule has 0 aromatic carbocycles. The van der Waals surface area contributed by atoms with E-state index in [2.05, 4.69) is 38.2 Å². The molecule has 0 aromatic rings. The number of aliphatic imine (C=N–C) groups is 1. The second kappa shape index (κ2) is 13.9. The molecule has 1 aliphatic heterocycles. The molecule has 1 rings (SSSR count). The monoisotopic (exact) mass is 378 g/mol. The van der Waals surface area contributed by atoms with Gasteiger partial charge in [-0.1, -0.05) is 70.8 Å². The Balaban J connectivity index is 2.23. The Kier molecular flexibility index (Phi) is 12.3. The van der Waals surface area contributed by atoms with E-state index < -0.39 is 0 Å². The summed E-state index contributed by atoms with van der Waals surface area (Å²) in [6.45, 7) is 11.0. The molecule has 1 heterocycles. The second-order valence-corrected chi connectivity index (χ2v) is 8.06. The number of hydrogen-bond donors (Lipinski definition) is 1. The van der Waals surface area contributed by atoms with Crippen LogP contribution in [0.4, 0.5) is 0 Å². The molecular weight excluding hydrogens is 334 g/mol. The highest BCUT2D eigenvalue weighted by molar-refractivity contribution is 5.88. The Hall–Kier alpha value is -1.16. The van der Waals surface area contributed by atoms with Crippen LogP contribution in [0.5, 0.6) is 0 Å². The summed E-state index contributed by atoms with van der Waals surface area (Å²) in [6, 6.07) is 0. The molecule has 0 radical (unpaired) electrons. The molecule has 1 aliphatic rings. The van der Waals surface area contributed by atoms with Gasteiger partial charge in [0.1, 0.15) is 6.54 Å². The van der Waals surface area contributed by atoms with E-state index in [1.165, 1.54) is 64.2 Å². The fraction of sp³-hybridized carbons (Fsp3) is 0.826. The lowest BCUT2D eigenvalue weighted by Gasteiger charge is -2.38. The third-order valence-corrected chi connectivity index (χ3v) is 5.94. The van der Waals surface area contributed by atoms with Crippen molar-refractivity contribution in [3.8, 4) is 0 Å². The molecule has 0 aromatic heterocycles. The second-order valence-electron chi connectivity index (χ2n) is 8.06. The van der Waals surface area contributed by atoms with Crippen LogP contribution >= 0.6 is 0 Å². The number of rotatable bonds is 15. The van der Waals surface area contributed by atoms with Crippen molar-refractivity contribution in [2.75, 3.05) is 19.6 Å². The lowest BCUT2D eigenvalue weighted by atomic mass is 10.1. The highest BCUT2D eigenvalue weighted by Crippen LogP contribution is 2.20. The molecule has 0 aliphatic carbocycles. The van der Waals surface area contributed by atoms with Crippen LogP contribution in [-0.4, -0.2) is 42.0 Å². The largest absolute Gasteiger partial charge is 0.307 e. The topological polar surface area (TPSA) is 41.5 Å². The van der Waals surface area contributed by atoms with Gasteiger partial charge in [0.15, 0.2) is 6.17 Å². The quantitative estimate of drug-likeness (QED) is 0.293. The van der Waals surface area contributed by atoms with Crippen molar-refractivity contribution in [1.82, 2.24) is 5.32 Å². The lowest BCUT2D eigenvalue weighted by molar-refractivity contribution is -0.859. The number of carbonyl (C=O) groups excluding carboxylic acids is 1. The third-order valence-electron chi connectivity index (χ3n) is 5.94. The molecule has 0 bridgehead atoms. The van der Waals surface area contributed by atoms with Crippen LogP contribution in [0.3, 0.4) is 0 Å². The predicted octanol–water partition coefficient (Wildman–Crippen LogP) is 5.58. The summed E-state index contributed by atoms with van der Waals surface area (Å²) in [4.78, 5) is 16.2. The Labute approximate surface area is 168 Å². The van der Waals surface area contributed by atoms with Gasteiger partial charge in [0, 0.05) is 19.9 Å². The van der Waals surface area contributed by atoms with E-state index in [1.54, 1.807) is 6.92 Å². The van der Waals surface area contributed by atoms with Crippen LogP contribution in [0.2, 0.25) is 0 Å². The maximum absolute atomic E-state index is 11.5. The van der Waals surface area contributed by atoms with Crippen molar-refractivity contribution >= 4 is 11.7 Å². The fourth-order valence-corrected chi connectivity index (χ4v) is 4.14. The predicted molar refractivity (Wildman–Crippen MR) is 117 cm³/mol. The van der Waals surface area contributed by atoms with E-state index in [-0.39, 0.29) is 12.1 Å². The van der Waals surface area contributed by atoms with Gasteiger partial charge in [-0.3, -0.25) is 9.28 Å². The summed E-state index contributed by atoms with van der Waals surface area (Å²) in [5.74, 6) is 1.17. The first kappa shape index (κ1) is 23.9. The zero-order valence-corrected chi connectivity index (χ0v) is 18.4. The van der Waals surface area contributed by atoms with Gasteiger partial charge in [0.05, 0.1) is 13.1 Å². The van der Waals surface area contributed by atoms with Crippen molar-refractivity contribution in [1.29, 1.82) is 0 Å². The summed E-state index contributed by atoms with van der Waals surface area (Å²) in [6.07, 6.45) is 19.5. The number of allylic oxidation sites excluding steroid dienone is 1. The summed E-state index contributed by atoms with van der Waals surface area (Å²) in [5.41, 5.74) is 0. The van der Waals surface area contributed by atoms with Crippen LogP contribution in [0.25, 0.3) is 0 Å². The summed E-state index contributed by atoms with van der Waals surface area (Å²) < 4.78 is 0.772. The van der Waals surface area contributed by atoms with Crippen molar-refractivity contribution < 1.29 is 9.28 Å². The van der Waals surface area contributed by atoms with Crippen LogP contribution < -0.4 is 5.32 Å². The van der Waals surface area contributed by atoms with E-state index in [1.807, 2.05) is 0 Å². The normalized spacial score (nSPS) is 20.8. The molecular formula is C23H44N3O+. The first-order chi connectivity index (χ1) is 13.1. The molecule has 156 valence electrons. The van der Waals surface area contributed by atoms with Gasteiger partial charge in [0.25, 0.3) is 0 Å². The average Bonchev–Trinajstić information content (AvgIpc) is 3.06. The van der Waals surface area contributed by atoms with E-state index in [0.29, 0.717) is 0 Å². The minimum Gasteiger partial charge on any atom is -0.307 e. The number of quaternary nitrogens is 1. The SMILES string of the molecule is CCCCCCCCCCCC/C=C/C1=NCC[N+]1(CC)C(C)NC(C)=O. The first-order valence-corrected chi connectivity index (χ1v) is 11.4. The lowest BCUT2D eigenvalue weighted by Crippen LogP contribution is -2.62. The van der Waals surface area contributed by atoms with Crippen molar-refractivity contribution in [2.45, 2.75) is 104 Å². The van der Waals surface area contributed by atoms with Gasteiger partial charge in [-0.25, -0.2) is 4.99 Å². The average molecular weight is 379 g/mol. The van der Waals surface area contributed by atoms with E-state index >= 15 is 0 Å². The summed E-state index contributed by atoms with van der Waals surface area (Å²) >= 11 is 0. The first-order valence-electron chi connectivity index (χ1n) is 11.4. The number of amidine groups is 1. The van der Waals surface area contributed by atoms with Gasteiger partial charge in [0.2, 0.25) is 11.7 Å². The fourth-order valence-electron chi connectivity index (χ4n) is 4.14. The smallest absolute Gasteiger partial charge is 0.224 e. The van der Waals surface area contributed by atoms with Gasteiger partial charge in [-0.15, -0.1) is 0 Å². The molecule has 1 N–H and O–H groups in total. The summed E-state index contributed by atoms with van der Waals surface area (Å²) in [5, 5.41) is 3.07. The van der Waals surface area contributed by atoms with E-state index in [4.69, 9.17) is 4.99 Å². The number of amides is 1.